The minimum Gasteiger partial charge on any atom is -0.462 e. The summed E-state index contributed by atoms with van der Waals surface area (Å²) in [4.78, 5) is 38.4. The van der Waals surface area contributed by atoms with E-state index in [0.717, 1.165) is 77.0 Å². The Balaban J connectivity index is 4.24. The van der Waals surface area contributed by atoms with Gasteiger partial charge in [-0.2, -0.15) is 0 Å². The Morgan fingerprint density at radius 2 is 0.468 bits per heavy atom. The fourth-order valence-electron chi connectivity index (χ4n) is 10.7. The van der Waals surface area contributed by atoms with Gasteiger partial charge in [-0.05, 0) is 51.4 Å². The fraction of sp³-hybridized carbons (Fsp3) is 0.901. The maximum absolute atomic E-state index is 12.9. The van der Waals surface area contributed by atoms with E-state index in [1.165, 1.54) is 276 Å². The number of hydrogen-bond donors (Lipinski definition) is 0. The number of carbonyl (C=O) groups is 3. The topological polar surface area (TPSA) is 78.9 Å². The quantitative estimate of drug-likeness (QED) is 0.0261. The van der Waals surface area contributed by atoms with Crippen LogP contribution in [0, 0.1) is 0 Å². The minimum atomic E-state index is -0.774. The van der Waals surface area contributed by atoms with E-state index < -0.39 is 6.10 Å². The summed E-state index contributed by atoms with van der Waals surface area (Å²) >= 11 is 0. The van der Waals surface area contributed by atoms with Gasteiger partial charge in [0.05, 0.1) is 0 Å². The molecule has 0 heterocycles. The van der Waals surface area contributed by atoms with Gasteiger partial charge in [-0.15, -0.1) is 0 Å². The SMILES string of the molecule is CCCCCC/C=C\C/C=C\CCCCCCCC(=O)OCC(COC(=O)CCCCCCCCCCCCCCCCCCCCCCCCCCCC)OC(=O)CCCCCCCCCCCCCCCCCCC. The zero-order valence-electron chi connectivity index (χ0n) is 52.3. The van der Waals surface area contributed by atoms with Gasteiger partial charge in [-0.1, -0.05) is 347 Å². The highest BCUT2D eigenvalue weighted by Crippen LogP contribution is 2.19. The number of ether oxygens (including phenoxy) is 3. The van der Waals surface area contributed by atoms with Crippen molar-refractivity contribution < 1.29 is 28.6 Å². The molecule has 1 unspecified atom stereocenters. The lowest BCUT2D eigenvalue weighted by atomic mass is 10.0. The molecule has 0 aromatic rings. The Bertz CT molecular complexity index is 1240. The van der Waals surface area contributed by atoms with Crippen molar-refractivity contribution in [3.8, 4) is 0 Å². The van der Waals surface area contributed by atoms with Gasteiger partial charge in [0.2, 0.25) is 0 Å². The molecule has 0 aliphatic heterocycles. The second kappa shape index (κ2) is 66.4. The van der Waals surface area contributed by atoms with Gasteiger partial charge in [0, 0.05) is 19.3 Å². The third-order valence-corrected chi connectivity index (χ3v) is 16.0. The minimum absolute atomic E-state index is 0.0693. The molecule has 0 aliphatic rings. The Hall–Kier alpha value is -2.11. The standard InChI is InChI=1S/C71H134O6/c1-4-7-10-13-16-19-22-25-28-31-32-33-34-35-36-37-38-39-41-43-46-49-52-55-58-61-64-70(73)76-67-68(66-75-69(72)63-60-57-54-51-48-45-42-30-27-24-21-18-15-12-9-6-3)77-71(74)65-62-59-56-53-50-47-44-40-29-26-23-20-17-14-11-8-5-2/h21,24,30,42,68H,4-20,22-23,25-29,31-41,43-67H2,1-3H3/b24-21-,42-30-. The van der Waals surface area contributed by atoms with E-state index in [2.05, 4.69) is 45.1 Å². The summed E-state index contributed by atoms with van der Waals surface area (Å²) in [7, 11) is 0. The summed E-state index contributed by atoms with van der Waals surface area (Å²) in [6.07, 6.45) is 80.6. The molecule has 0 aromatic heterocycles. The van der Waals surface area contributed by atoms with E-state index in [4.69, 9.17) is 14.2 Å². The molecule has 6 heteroatoms. The van der Waals surface area contributed by atoms with Gasteiger partial charge in [-0.25, -0.2) is 0 Å². The van der Waals surface area contributed by atoms with E-state index >= 15 is 0 Å². The fourth-order valence-corrected chi connectivity index (χ4v) is 10.7. The molecule has 6 nitrogen and oxygen atoms in total. The molecule has 454 valence electrons. The molecule has 0 fully saturated rings. The van der Waals surface area contributed by atoms with Crippen LogP contribution < -0.4 is 0 Å². The molecular weight excluding hydrogens is 949 g/mol. The van der Waals surface area contributed by atoms with Crippen LogP contribution in [0.1, 0.15) is 393 Å². The Morgan fingerprint density at radius 3 is 0.727 bits per heavy atom. The molecule has 0 rings (SSSR count). The van der Waals surface area contributed by atoms with Crippen LogP contribution in [0.15, 0.2) is 24.3 Å². The summed E-state index contributed by atoms with van der Waals surface area (Å²) in [6.45, 7) is 6.70. The second-order valence-corrected chi connectivity index (χ2v) is 23.8. The van der Waals surface area contributed by atoms with Crippen molar-refractivity contribution in [2.24, 2.45) is 0 Å². The lowest BCUT2D eigenvalue weighted by molar-refractivity contribution is -0.167. The Labute approximate surface area is 481 Å². The number of unbranched alkanes of at least 4 members (excludes halogenated alkanes) is 50. The van der Waals surface area contributed by atoms with Gasteiger partial charge >= 0.3 is 17.9 Å². The van der Waals surface area contributed by atoms with Gasteiger partial charge in [0.25, 0.3) is 0 Å². The third-order valence-electron chi connectivity index (χ3n) is 16.0. The van der Waals surface area contributed by atoms with Crippen molar-refractivity contribution in [3.63, 3.8) is 0 Å². The lowest BCUT2D eigenvalue weighted by Crippen LogP contribution is -2.30. The van der Waals surface area contributed by atoms with Crippen molar-refractivity contribution >= 4 is 17.9 Å². The first-order valence-electron chi connectivity index (χ1n) is 34.8. The van der Waals surface area contributed by atoms with Gasteiger partial charge in [0.15, 0.2) is 6.10 Å². The van der Waals surface area contributed by atoms with Gasteiger partial charge in [0.1, 0.15) is 13.2 Å². The van der Waals surface area contributed by atoms with Crippen LogP contribution in [0.2, 0.25) is 0 Å². The van der Waals surface area contributed by atoms with Crippen molar-refractivity contribution in [2.75, 3.05) is 13.2 Å². The van der Waals surface area contributed by atoms with E-state index in [0.29, 0.717) is 19.3 Å². The highest BCUT2D eigenvalue weighted by atomic mass is 16.6. The van der Waals surface area contributed by atoms with Crippen LogP contribution >= 0.6 is 0 Å². The average molecular weight is 1080 g/mol. The number of hydrogen-bond acceptors (Lipinski definition) is 6. The van der Waals surface area contributed by atoms with Crippen molar-refractivity contribution in [1.82, 2.24) is 0 Å². The number of carbonyl (C=O) groups excluding carboxylic acids is 3. The number of allylic oxidation sites excluding steroid dienone is 4. The zero-order chi connectivity index (χ0) is 55.7. The monoisotopic (exact) mass is 1080 g/mol. The third kappa shape index (κ3) is 64.6. The Kier molecular flexibility index (Phi) is 64.6. The van der Waals surface area contributed by atoms with Crippen LogP contribution in [-0.4, -0.2) is 37.2 Å². The van der Waals surface area contributed by atoms with Crippen LogP contribution in [0.4, 0.5) is 0 Å². The molecule has 0 radical (unpaired) electrons. The van der Waals surface area contributed by atoms with Crippen LogP contribution in [0.25, 0.3) is 0 Å². The summed E-state index contributed by atoms with van der Waals surface area (Å²) in [5.74, 6) is -0.851. The van der Waals surface area contributed by atoms with E-state index in [9.17, 15) is 14.4 Å². The molecule has 0 saturated carbocycles. The second-order valence-electron chi connectivity index (χ2n) is 23.8. The smallest absolute Gasteiger partial charge is 0.306 e. The number of esters is 3. The maximum Gasteiger partial charge on any atom is 0.306 e. The molecule has 0 saturated heterocycles. The average Bonchev–Trinajstić information content (AvgIpc) is 3.43. The molecule has 0 aliphatic carbocycles. The van der Waals surface area contributed by atoms with Crippen molar-refractivity contribution in [2.45, 2.75) is 399 Å². The van der Waals surface area contributed by atoms with E-state index in [-0.39, 0.29) is 31.1 Å². The molecule has 0 amide bonds. The molecule has 0 spiro atoms. The van der Waals surface area contributed by atoms with E-state index in [1.807, 2.05) is 0 Å². The summed E-state index contributed by atoms with van der Waals surface area (Å²) in [5, 5.41) is 0. The highest BCUT2D eigenvalue weighted by Gasteiger charge is 2.19. The van der Waals surface area contributed by atoms with Crippen molar-refractivity contribution in [3.05, 3.63) is 24.3 Å². The molecule has 77 heavy (non-hydrogen) atoms. The summed E-state index contributed by atoms with van der Waals surface area (Å²) in [6, 6.07) is 0. The Morgan fingerprint density at radius 1 is 0.260 bits per heavy atom. The maximum atomic E-state index is 12.9. The van der Waals surface area contributed by atoms with E-state index in [1.54, 1.807) is 0 Å². The zero-order valence-corrected chi connectivity index (χ0v) is 52.3. The van der Waals surface area contributed by atoms with Gasteiger partial charge < -0.3 is 14.2 Å². The molecule has 0 N–H and O–H groups in total. The molecule has 0 aromatic carbocycles. The molecular formula is C71H134O6. The first kappa shape index (κ1) is 74.9. The largest absolute Gasteiger partial charge is 0.462 e. The highest BCUT2D eigenvalue weighted by molar-refractivity contribution is 5.71. The number of rotatable bonds is 65. The van der Waals surface area contributed by atoms with Crippen LogP contribution in [0.3, 0.4) is 0 Å². The predicted octanol–water partition coefficient (Wildman–Crippen LogP) is 23.8. The predicted molar refractivity (Wildman–Crippen MR) is 335 cm³/mol. The lowest BCUT2D eigenvalue weighted by Gasteiger charge is -2.18. The summed E-state index contributed by atoms with van der Waals surface area (Å²) in [5.41, 5.74) is 0. The normalized spacial score (nSPS) is 12.1. The summed E-state index contributed by atoms with van der Waals surface area (Å²) < 4.78 is 17.0. The first-order valence-corrected chi connectivity index (χ1v) is 34.8. The first-order chi connectivity index (χ1) is 38.0. The van der Waals surface area contributed by atoms with Crippen LogP contribution in [-0.2, 0) is 28.6 Å². The van der Waals surface area contributed by atoms with Crippen molar-refractivity contribution in [1.29, 1.82) is 0 Å². The molecule has 0 bridgehead atoms. The van der Waals surface area contributed by atoms with Gasteiger partial charge in [-0.3, -0.25) is 14.4 Å². The van der Waals surface area contributed by atoms with Crippen LogP contribution in [0.5, 0.6) is 0 Å². The molecule has 1 atom stereocenters.